The van der Waals surface area contributed by atoms with Crippen LogP contribution in [0.3, 0.4) is 0 Å². The van der Waals surface area contributed by atoms with Gasteiger partial charge in [0.2, 0.25) is 5.88 Å². The third-order valence-corrected chi connectivity index (χ3v) is 2.87. The molecule has 0 fully saturated rings. The summed E-state index contributed by atoms with van der Waals surface area (Å²) >= 11 is 11.9. The molecule has 0 aliphatic rings. The normalized spacial score (nSPS) is 10.3. The van der Waals surface area contributed by atoms with Gasteiger partial charge in [0.25, 0.3) is 0 Å². The van der Waals surface area contributed by atoms with Gasteiger partial charge in [-0.1, -0.05) is 23.2 Å². The Hall–Kier alpha value is -1.52. The molecule has 1 aromatic carbocycles. The van der Waals surface area contributed by atoms with Crippen molar-refractivity contribution in [2.45, 2.75) is 13.8 Å². The van der Waals surface area contributed by atoms with Gasteiger partial charge < -0.3 is 10.1 Å². The Balaban J connectivity index is 2.30. The van der Waals surface area contributed by atoms with Crippen LogP contribution in [0, 0.1) is 6.92 Å². The number of hydrogen-bond acceptors (Lipinski definition) is 4. The number of nitrogens with zero attached hydrogens (tertiary/aromatic N) is 2. The summed E-state index contributed by atoms with van der Waals surface area (Å²) in [5.41, 5.74) is 0.834. The lowest BCUT2D eigenvalue weighted by molar-refractivity contribution is 0.458. The van der Waals surface area contributed by atoms with Crippen LogP contribution in [0.2, 0.25) is 10.0 Å². The van der Waals surface area contributed by atoms with Crippen LogP contribution in [0.4, 0.5) is 5.82 Å². The summed E-state index contributed by atoms with van der Waals surface area (Å²) in [4.78, 5) is 8.27. The van der Waals surface area contributed by atoms with Crippen LogP contribution < -0.4 is 10.1 Å². The van der Waals surface area contributed by atoms with Crippen molar-refractivity contribution in [2.24, 2.45) is 0 Å². The Labute approximate surface area is 121 Å². The molecular formula is C13H13Cl2N3O. The molecule has 0 amide bonds. The summed E-state index contributed by atoms with van der Waals surface area (Å²) in [6, 6.07) is 5.01. The lowest BCUT2D eigenvalue weighted by Gasteiger charge is -2.11. The van der Waals surface area contributed by atoms with E-state index >= 15 is 0 Å². The zero-order chi connectivity index (χ0) is 13.8. The number of anilines is 1. The molecule has 0 saturated carbocycles. The largest absolute Gasteiger partial charge is 0.438 e. The summed E-state index contributed by atoms with van der Waals surface area (Å²) in [6.45, 7) is 4.67. The van der Waals surface area contributed by atoms with Crippen molar-refractivity contribution in [3.05, 3.63) is 40.1 Å². The molecule has 0 unspecified atom stereocenters. The van der Waals surface area contributed by atoms with Gasteiger partial charge >= 0.3 is 0 Å². The van der Waals surface area contributed by atoms with Crippen LogP contribution in [-0.2, 0) is 0 Å². The highest BCUT2D eigenvalue weighted by Gasteiger charge is 2.09. The molecule has 0 saturated heterocycles. The molecule has 2 rings (SSSR count). The Bertz CT molecular complexity index is 570. The van der Waals surface area contributed by atoms with E-state index in [1.807, 2.05) is 13.8 Å². The van der Waals surface area contributed by atoms with Gasteiger partial charge in [-0.3, -0.25) is 0 Å². The fourth-order valence-corrected chi connectivity index (χ4v) is 2.09. The standard InChI is InChI=1S/C13H13Cl2N3O/c1-3-16-12-8(2)13(18-7-17-12)19-11-5-9(14)4-10(15)6-11/h4-7H,3H2,1-2H3,(H,16,17,18). The molecule has 4 nitrogen and oxygen atoms in total. The van der Waals surface area contributed by atoms with Crippen molar-refractivity contribution in [3.8, 4) is 11.6 Å². The van der Waals surface area contributed by atoms with Crippen molar-refractivity contribution < 1.29 is 4.74 Å². The first-order valence-corrected chi connectivity index (χ1v) is 6.55. The lowest BCUT2D eigenvalue weighted by atomic mass is 10.3. The number of ether oxygens (including phenoxy) is 1. The van der Waals surface area contributed by atoms with E-state index in [-0.39, 0.29) is 0 Å². The van der Waals surface area contributed by atoms with Gasteiger partial charge in [-0.2, -0.15) is 0 Å². The average molecular weight is 298 g/mol. The number of rotatable bonds is 4. The SMILES string of the molecule is CCNc1ncnc(Oc2cc(Cl)cc(Cl)c2)c1C. The first kappa shape index (κ1) is 13.9. The maximum Gasteiger partial charge on any atom is 0.227 e. The minimum absolute atomic E-state index is 0.476. The third kappa shape index (κ3) is 3.49. The highest BCUT2D eigenvalue weighted by molar-refractivity contribution is 6.34. The molecule has 0 bridgehead atoms. The van der Waals surface area contributed by atoms with Crippen molar-refractivity contribution in [1.29, 1.82) is 0 Å². The average Bonchev–Trinajstić information content (AvgIpc) is 2.33. The first-order valence-electron chi connectivity index (χ1n) is 5.79. The number of aromatic nitrogens is 2. The molecule has 0 atom stereocenters. The maximum absolute atomic E-state index is 5.93. The maximum atomic E-state index is 5.93. The van der Waals surface area contributed by atoms with Gasteiger partial charge in [-0.25, -0.2) is 9.97 Å². The number of benzene rings is 1. The third-order valence-electron chi connectivity index (χ3n) is 2.43. The van der Waals surface area contributed by atoms with Gasteiger partial charge in [-0.15, -0.1) is 0 Å². The molecule has 2 aromatic rings. The second-order valence-corrected chi connectivity index (χ2v) is 4.76. The molecule has 100 valence electrons. The zero-order valence-electron chi connectivity index (χ0n) is 10.6. The highest BCUT2D eigenvalue weighted by atomic mass is 35.5. The molecule has 1 aromatic heterocycles. The van der Waals surface area contributed by atoms with Crippen LogP contribution in [0.1, 0.15) is 12.5 Å². The topological polar surface area (TPSA) is 47.0 Å². The molecule has 0 radical (unpaired) electrons. The molecule has 0 aliphatic heterocycles. The number of nitrogens with one attached hydrogen (secondary N) is 1. The van der Waals surface area contributed by atoms with Crippen LogP contribution in [0.5, 0.6) is 11.6 Å². The zero-order valence-corrected chi connectivity index (χ0v) is 12.1. The van der Waals surface area contributed by atoms with E-state index in [0.29, 0.717) is 21.7 Å². The fraction of sp³-hybridized carbons (Fsp3) is 0.231. The predicted octanol–water partition coefficient (Wildman–Crippen LogP) is 4.32. The Morgan fingerprint density at radius 1 is 1.16 bits per heavy atom. The summed E-state index contributed by atoms with van der Waals surface area (Å²) in [5.74, 6) is 1.77. The van der Waals surface area contributed by atoms with Crippen molar-refractivity contribution in [3.63, 3.8) is 0 Å². The molecule has 1 N–H and O–H groups in total. The smallest absolute Gasteiger partial charge is 0.227 e. The summed E-state index contributed by atoms with van der Waals surface area (Å²) < 4.78 is 5.70. The van der Waals surface area contributed by atoms with Crippen molar-refractivity contribution in [1.82, 2.24) is 9.97 Å². The van der Waals surface area contributed by atoms with E-state index in [1.165, 1.54) is 6.33 Å². The van der Waals surface area contributed by atoms with Crippen molar-refractivity contribution in [2.75, 3.05) is 11.9 Å². The molecule has 0 spiro atoms. The minimum Gasteiger partial charge on any atom is -0.438 e. The van der Waals surface area contributed by atoms with E-state index in [2.05, 4.69) is 15.3 Å². The summed E-state index contributed by atoms with van der Waals surface area (Å²) in [6.07, 6.45) is 1.45. The molecule has 19 heavy (non-hydrogen) atoms. The molecular weight excluding hydrogens is 285 g/mol. The Morgan fingerprint density at radius 2 is 1.84 bits per heavy atom. The molecule has 1 heterocycles. The summed E-state index contributed by atoms with van der Waals surface area (Å²) in [5, 5.41) is 4.17. The van der Waals surface area contributed by atoms with E-state index in [4.69, 9.17) is 27.9 Å². The minimum atomic E-state index is 0.476. The lowest BCUT2D eigenvalue weighted by Crippen LogP contribution is -2.03. The van der Waals surface area contributed by atoms with Gasteiger partial charge in [0.15, 0.2) is 0 Å². The monoisotopic (exact) mass is 297 g/mol. The second kappa shape index (κ2) is 6.08. The second-order valence-electron chi connectivity index (χ2n) is 3.89. The van der Waals surface area contributed by atoms with E-state index < -0.39 is 0 Å². The van der Waals surface area contributed by atoms with Crippen LogP contribution >= 0.6 is 23.2 Å². The highest BCUT2D eigenvalue weighted by Crippen LogP contribution is 2.30. The van der Waals surface area contributed by atoms with Crippen molar-refractivity contribution >= 4 is 29.0 Å². The fourth-order valence-electron chi connectivity index (χ4n) is 1.58. The van der Waals surface area contributed by atoms with Crippen LogP contribution in [0.25, 0.3) is 0 Å². The van der Waals surface area contributed by atoms with Gasteiger partial charge in [0.1, 0.15) is 17.9 Å². The van der Waals surface area contributed by atoms with Gasteiger partial charge in [0, 0.05) is 16.6 Å². The van der Waals surface area contributed by atoms with Gasteiger partial charge in [0.05, 0.1) is 5.56 Å². The van der Waals surface area contributed by atoms with E-state index in [0.717, 1.165) is 17.9 Å². The van der Waals surface area contributed by atoms with Gasteiger partial charge in [-0.05, 0) is 32.0 Å². The van der Waals surface area contributed by atoms with E-state index in [1.54, 1.807) is 18.2 Å². The summed E-state index contributed by atoms with van der Waals surface area (Å²) in [7, 11) is 0. The van der Waals surface area contributed by atoms with E-state index in [9.17, 15) is 0 Å². The predicted molar refractivity (Wildman–Crippen MR) is 77.5 cm³/mol. The molecule has 6 heteroatoms. The van der Waals surface area contributed by atoms with Crippen LogP contribution in [0.15, 0.2) is 24.5 Å². The molecule has 0 aliphatic carbocycles. The number of hydrogen-bond donors (Lipinski definition) is 1. The Morgan fingerprint density at radius 3 is 2.47 bits per heavy atom. The Kier molecular flexibility index (Phi) is 4.45. The quantitative estimate of drug-likeness (QED) is 0.913. The van der Waals surface area contributed by atoms with Crippen LogP contribution in [-0.4, -0.2) is 16.5 Å². The number of halogens is 2. The first-order chi connectivity index (χ1) is 9.10.